The third-order valence-corrected chi connectivity index (χ3v) is 5.78. The molecule has 1 N–H and O–H groups in total. The fourth-order valence-corrected chi connectivity index (χ4v) is 3.98. The van der Waals surface area contributed by atoms with Crippen LogP contribution in [0.2, 0.25) is 0 Å². The summed E-state index contributed by atoms with van der Waals surface area (Å²) < 4.78 is 1.71. The normalized spacial score (nSPS) is 17.4. The minimum atomic E-state index is -0.162. The molecule has 0 spiro atoms. The lowest BCUT2D eigenvalue weighted by molar-refractivity contribution is -0.133. The highest BCUT2D eigenvalue weighted by atomic mass is 16.2. The second-order valence-electron chi connectivity index (χ2n) is 7.84. The summed E-state index contributed by atoms with van der Waals surface area (Å²) in [5, 5.41) is 7.52. The fourth-order valence-electron chi connectivity index (χ4n) is 3.98. The monoisotopic (exact) mass is 389 g/mol. The van der Waals surface area contributed by atoms with Crippen LogP contribution in [0.25, 0.3) is 16.9 Å². The first kappa shape index (κ1) is 17.8. The number of likely N-dealkylation sites (tertiary alicyclic amines) is 1. The van der Waals surface area contributed by atoms with Crippen molar-refractivity contribution in [3.8, 4) is 11.3 Å². The number of fused-ring (bicyclic) bond motifs is 1. The van der Waals surface area contributed by atoms with Crippen LogP contribution in [0.15, 0.2) is 48.8 Å². The van der Waals surface area contributed by atoms with Gasteiger partial charge in [-0.05, 0) is 31.7 Å². The second kappa shape index (κ2) is 7.31. The molecule has 1 saturated carbocycles. The number of amides is 2. The van der Waals surface area contributed by atoms with Crippen molar-refractivity contribution in [3.05, 3.63) is 54.4 Å². The molecule has 5 rings (SSSR count). The Labute approximate surface area is 168 Å². The van der Waals surface area contributed by atoms with E-state index in [9.17, 15) is 9.59 Å². The number of benzene rings is 1. The molecule has 2 aliphatic rings. The van der Waals surface area contributed by atoms with E-state index < -0.39 is 0 Å². The Kier molecular flexibility index (Phi) is 4.50. The predicted molar refractivity (Wildman–Crippen MR) is 108 cm³/mol. The van der Waals surface area contributed by atoms with Crippen LogP contribution >= 0.6 is 0 Å². The minimum absolute atomic E-state index is 0.0676. The molecule has 0 atom stereocenters. The summed E-state index contributed by atoms with van der Waals surface area (Å²) in [4.78, 5) is 31.4. The smallest absolute Gasteiger partial charge is 0.256 e. The molecule has 2 aromatic heterocycles. The van der Waals surface area contributed by atoms with Gasteiger partial charge in [-0.15, -0.1) is 0 Å². The first-order valence-corrected chi connectivity index (χ1v) is 10.2. The molecule has 148 valence electrons. The van der Waals surface area contributed by atoms with Crippen molar-refractivity contribution in [1.29, 1.82) is 0 Å². The van der Waals surface area contributed by atoms with Crippen molar-refractivity contribution in [1.82, 2.24) is 24.8 Å². The SMILES string of the molecule is O=C(NC1CCN(C(=O)C2CC2)CC1)c1cnn2c(-c3ccccc3)ccnc12. The molecule has 2 fully saturated rings. The molecule has 7 nitrogen and oxygen atoms in total. The summed E-state index contributed by atoms with van der Waals surface area (Å²) in [7, 11) is 0. The van der Waals surface area contributed by atoms with Crippen LogP contribution in [0.5, 0.6) is 0 Å². The highest BCUT2D eigenvalue weighted by Crippen LogP contribution is 2.32. The van der Waals surface area contributed by atoms with Gasteiger partial charge in [0.1, 0.15) is 5.56 Å². The zero-order chi connectivity index (χ0) is 19.8. The second-order valence-corrected chi connectivity index (χ2v) is 7.84. The van der Waals surface area contributed by atoms with Crippen LogP contribution in [0.1, 0.15) is 36.0 Å². The Morgan fingerprint density at radius 3 is 2.48 bits per heavy atom. The van der Waals surface area contributed by atoms with Gasteiger partial charge in [0.15, 0.2) is 5.65 Å². The molecule has 1 saturated heterocycles. The predicted octanol–water partition coefficient (Wildman–Crippen LogP) is 2.53. The van der Waals surface area contributed by atoms with E-state index in [1.807, 2.05) is 41.3 Å². The van der Waals surface area contributed by atoms with Gasteiger partial charge in [-0.2, -0.15) is 5.10 Å². The van der Waals surface area contributed by atoms with Crippen molar-refractivity contribution >= 4 is 17.5 Å². The van der Waals surface area contributed by atoms with Gasteiger partial charge in [0.05, 0.1) is 11.9 Å². The molecule has 0 radical (unpaired) electrons. The highest BCUT2D eigenvalue weighted by molar-refractivity contribution is 6.00. The Balaban J connectivity index is 1.30. The minimum Gasteiger partial charge on any atom is -0.349 e. The molecule has 0 unspecified atom stereocenters. The number of carbonyl (C=O) groups is 2. The fraction of sp³-hybridized carbons (Fsp3) is 0.364. The van der Waals surface area contributed by atoms with Crippen LogP contribution in [-0.4, -0.2) is 50.4 Å². The van der Waals surface area contributed by atoms with Crippen LogP contribution < -0.4 is 5.32 Å². The lowest BCUT2D eigenvalue weighted by atomic mass is 10.0. The Hall–Kier alpha value is -3.22. The largest absolute Gasteiger partial charge is 0.349 e. The van der Waals surface area contributed by atoms with E-state index in [1.165, 1.54) is 0 Å². The van der Waals surface area contributed by atoms with E-state index in [0.717, 1.165) is 36.9 Å². The Morgan fingerprint density at radius 2 is 1.76 bits per heavy atom. The van der Waals surface area contributed by atoms with Crippen LogP contribution in [0.4, 0.5) is 0 Å². The van der Waals surface area contributed by atoms with Crippen molar-refractivity contribution in [2.75, 3.05) is 13.1 Å². The molecule has 1 aliphatic carbocycles. The Bertz CT molecular complexity index is 1050. The lowest BCUT2D eigenvalue weighted by Crippen LogP contribution is -2.47. The summed E-state index contributed by atoms with van der Waals surface area (Å²) in [5.74, 6) is 0.379. The number of hydrogen-bond donors (Lipinski definition) is 1. The molecule has 3 aromatic rings. The van der Waals surface area contributed by atoms with Gasteiger partial charge in [0, 0.05) is 36.8 Å². The number of aromatic nitrogens is 3. The van der Waals surface area contributed by atoms with Crippen molar-refractivity contribution in [2.45, 2.75) is 31.7 Å². The number of piperidine rings is 1. The van der Waals surface area contributed by atoms with E-state index in [0.29, 0.717) is 24.3 Å². The summed E-state index contributed by atoms with van der Waals surface area (Å²) in [6.07, 6.45) is 6.91. The van der Waals surface area contributed by atoms with Gasteiger partial charge < -0.3 is 10.2 Å². The average molecular weight is 389 g/mol. The third kappa shape index (κ3) is 3.48. The quantitative estimate of drug-likeness (QED) is 0.744. The standard InChI is InChI=1S/C22H23N5O2/c28-21(25-17-9-12-26(13-10-17)22(29)16-6-7-16)18-14-24-27-19(8-11-23-20(18)27)15-4-2-1-3-5-15/h1-5,8,11,14,16-17H,6-7,9-10,12-13H2,(H,25,28). The number of nitrogens with one attached hydrogen (secondary N) is 1. The zero-order valence-corrected chi connectivity index (χ0v) is 16.1. The van der Waals surface area contributed by atoms with Gasteiger partial charge in [0.25, 0.3) is 5.91 Å². The summed E-state index contributed by atoms with van der Waals surface area (Å²) in [5.41, 5.74) is 2.92. The number of nitrogens with zero attached hydrogens (tertiary/aromatic N) is 4. The summed E-state index contributed by atoms with van der Waals surface area (Å²) in [6.45, 7) is 1.43. The van der Waals surface area contributed by atoms with Crippen LogP contribution in [0, 0.1) is 5.92 Å². The molecular weight excluding hydrogens is 366 g/mol. The number of rotatable bonds is 4. The maximum atomic E-state index is 12.9. The molecule has 0 bridgehead atoms. The topological polar surface area (TPSA) is 79.6 Å². The first-order valence-electron chi connectivity index (χ1n) is 10.2. The van der Waals surface area contributed by atoms with Gasteiger partial charge in [-0.25, -0.2) is 9.50 Å². The molecule has 29 heavy (non-hydrogen) atoms. The summed E-state index contributed by atoms with van der Waals surface area (Å²) >= 11 is 0. The van der Waals surface area contributed by atoms with E-state index in [4.69, 9.17) is 0 Å². The lowest BCUT2D eigenvalue weighted by Gasteiger charge is -2.32. The molecular formula is C22H23N5O2. The maximum Gasteiger partial charge on any atom is 0.256 e. The highest BCUT2D eigenvalue weighted by Gasteiger charge is 2.35. The van der Waals surface area contributed by atoms with Crippen molar-refractivity contribution < 1.29 is 9.59 Å². The molecule has 3 heterocycles. The first-order chi connectivity index (χ1) is 14.2. The Morgan fingerprint density at radius 1 is 1.00 bits per heavy atom. The van der Waals surface area contributed by atoms with Gasteiger partial charge >= 0.3 is 0 Å². The third-order valence-electron chi connectivity index (χ3n) is 5.78. The van der Waals surface area contributed by atoms with Gasteiger partial charge in [-0.3, -0.25) is 9.59 Å². The average Bonchev–Trinajstić information content (AvgIpc) is 3.52. The number of hydrogen-bond acceptors (Lipinski definition) is 4. The molecule has 2 amide bonds. The van der Waals surface area contributed by atoms with Crippen LogP contribution in [-0.2, 0) is 4.79 Å². The molecule has 1 aliphatic heterocycles. The van der Waals surface area contributed by atoms with Gasteiger partial charge in [0.2, 0.25) is 5.91 Å². The van der Waals surface area contributed by atoms with Gasteiger partial charge in [-0.1, -0.05) is 30.3 Å². The molecule has 7 heteroatoms. The number of carbonyl (C=O) groups excluding carboxylic acids is 2. The maximum absolute atomic E-state index is 12.9. The van der Waals surface area contributed by atoms with E-state index >= 15 is 0 Å². The van der Waals surface area contributed by atoms with E-state index in [2.05, 4.69) is 15.4 Å². The van der Waals surface area contributed by atoms with Crippen molar-refractivity contribution in [3.63, 3.8) is 0 Å². The zero-order valence-electron chi connectivity index (χ0n) is 16.1. The summed E-state index contributed by atoms with van der Waals surface area (Å²) in [6, 6.07) is 11.9. The molecule has 1 aromatic carbocycles. The van der Waals surface area contributed by atoms with Crippen LogP contribution in [0.3, 0.4) is 0 Å². The van der Waals surface area contributed by atoms with E-state index in [-0.39, 0.29) is 23.8 Å². The van der Waals surface area contributed by atoms with Crippen molar-refractivity contribution in [2.24, 2.45) is 5.92 Å². The van der Waals surface area contributed by atoms with E-state index in [1.54, 1.807) is 16.9 Å².